The summed E-state index contributed by atoms with van der Waals surface area (Å²) in [4.78, 5) is 5.14. The molecule has 64 valence electrons. The topological polar surface area (TPSA) is 47.6 Å². The van der Waals surface area contributed by atoms with Crippen molar-refractivity contribution in [3.8, 4) is 0 Å². The Bertz CT molecular complexity index is 174. The Labute approximate surface area is 68.6 Å². The lowest BCUT2D eigenvalue weighted by Gasteiger charge is -2.18. The third kappa shape index (κ3) is 2.92. The van der Waals surface area contributed by atoms with Gasteiger partial charge in [0.2, 0.25) is 0 Å². The van der Waals surface area contributed by atoms with Gasteiger partial charge in [0.15, 0.2) is 0 Å². The molecule has 1 unspecified atom stereocenters. The molecule has 3 nitrogen and oxygen atoms in total. The van der Waals surface area contributed by atoms with Gasteiger partial charge in [-0.3, -0.25) is 0 Å². The van der Waals surface area contributed by atoms with Crippen LogP contribution in [-0.4, -0.2) is 20.0 Å². The van der Waals surface area contributed by atoms with Crippen LogP contribution in [0, 0.1) is 0 Å². The summed E-state index contributed by atoms with van der Waals surface area (Å²) in [7, 11) is -1.01. The van der Waals surface area contributed by atoms with Crippen LogP contribution in [0.2, 0.25) is 25.7 Å². The first-order chi connectivity index (χ1) is 4.97. The molecule has 0 aromatic rings. The largest absolute Gasteiger partial charge is 0.391 e. The van der Waals surface area contributed by atoms with Crippen LogP contribution in [0.4, 0.5) is 0 Å². The summed E-state index contributed by atoms with van der Waals surface area (Å²) >= 11 is 0. The van der Waals surface area contributed by atoms with Crippen molar-refractivity contribution in [3.63, 3.8) is 0 Å². The third-order valence-electron chi connectivity index (χ3n) is 1.60. The van der Waals surface area contributed by atoms with E-state index in [4.69, 9.17) is 10.6 Å². The Morgan fingerprint density at radius 1 is 1.64 bits per heavy atom. The number of oxime groups is 1. The molecule has 0 saturated heterocycles. The summed E-state index contributed by atoms with van der Waals surface area (Å²) in [5, 5.41) is 3.72. The molecule has 1 aliphatic heterocycles. The van der Waals surface area contributed by atoms with Gasteiger partial charge in [-0.25, -0.2) is 0 Å². The first-order valence-electron chi connectivity index (χ1n) is 3.95. The second-order valence-electron chi connectivity index (χ2n) is 4.28. The molecule has 0 aromatic carbocycles. The molecule has 4 heteroatoms. The number of nitrogens with two attached hydrogens (primary N) is 1. The second-order valence-corrected chi connectivity index (χ2v) is 9.81. The van der Waals surface area contributed by atoms with Gasteiger partial charge >= 0.3 is 0 Å². The number of amidine groups is 1. The second kappa shape index (κ2) is 2.85. The van der Waals surface area contributed by atoms with Gasteiger partial charge in [-0.2, -0.15) is 0 Å². The van der Waals surface area contributed by atoms with Crippen molar-refractivity contribution >= 4 is 13.9 Å². The van der Waals surface area contributed by atoms with E-state index in [1.807, 2.05) is 0 Å². The van der Waals surface area contributed by atoms with E-state index in [-0.39, 0.29) is 6.10 Å². The van der Waals surface area contributed by atoms with Gasteiger partial charge in [-0.15, -0.1) is 0 Å². The molecule has 1 rings (SSSR count). The van der Waals surface area contributed by atoms with Crippen LogP contribution in [0.15, 0.2) is 5.16 Å². The molecular formula is C7H16N2OSi. The van der Waals surface area contributed by atoms with E-state index in [2.05, 4.69) is 24.8 Å². The van der Waals surface area contributed by atoms with Crippen molar-refractivity contribution in [1.29, 1.82) is 0 Å². The van der Waals surface area contributed by atoms with E-state index in [1.54, 1.807) is 0 Å². The maximum atomic E-state index is 5.48. The molecule has 1 aliphatic rings. The van der Waals surface area contributed by atoms with Crippen molar-refractivity contribution in [2.75, 3.05) is 0 Å². The lowest BCUT2D eigenvalue weighted by Crippen LogP contribution is -2.27. The molecule has 2 N–H and O–H groups in total. The Morgan fingerprint density at radius 2 is 2.27 bits per heavy atom. The van der Waals surface area contributed by atoms with Crippen LogP contribution < -0.4 is 5.73 Å². The van der Waals surface area contributed by atoms with Crippen molar-refractivity contribution in [1.82, 2.24) is 0 Å². The van der Waals surface area contributed by atoms with Gasteiger partial charge in [0.25, 0.3) is 0 Å². The van der Waals surface area contributed by atoms with Crippen LogP contribution >= 0.6 is 0 Å². The normalized spacial score (nSPS) is 24.6. The summed E-state index contributed by atoms with van der Waals surface area (Å²) in [5.41, 5.74) is 5.48. The summed E-state index contributed by atoms with van der Waals surface area (Å²) < 4.78 is 0. The highest BCUT2D eigenvalue weighted by Crippen LogP contribution is 2.19. The number of hydrogen-bond acceptors (Lipinski definition) is 3. The van der Waals surface area contributed by atoms with Crippen molar-refractivity contribution < 1.29 is 4.84 Å². The van der Waals surface area contributed by atoms with Gasteiger partial charge in [-0.1, -0.05) is 24.8 Å². The van der Waals surface area contributed by atoms with Gasteiger partial charge < -0.3 is 10.6 Å². The Balaban J connectivity index is 2.32. The van der Waals surface area contributed by atoms with E-state index in [9.17, 15) is 0 Å². The fourth-order valence-electron chi connectivity index (χ4n) is 1.24. The fourth-order valence-corrected chi connectivity index (χ4v) is 2.83. The predicted molar refractivity (Wildman–Crippen MR) is 49.3 cm³/mol. The third-order valence-corrected chi connectivity index (χ3v) is 3.28. The van der Waals surface area contributed by atoms with Gasteiger partial charge in [0, 0.05) is 14.5 Å². The van der Waals surface area contributed by atoms with Gasteiger partial charge in [0.05, 0.1) is 0 Å². The molecule has 1 atom stereocenters. The van der Waals surface area contributed by atoms with Crippen LogP contribution in [0.25, 0.3) is 0 Å². The SMILES string of the molecule is C[Si](C)(C)CC1CC(N)=NO1. The summed E-state index contributed by atoms with van der Waals surface area (Å²) in [6, 6.07) is 1.15. The zero-order chi connectivity index (χ0) is 8.48. The summed E-state index contributed by atoms with van der Waals surface area (Å²) in [6.45, 7) is 6.97. The molecule has 0 aliphatic carbocycles. The van der Waals surface area contributed by atoms with Crippen molar-refractivity contribution in [3.05, 3.63) is 0 Å². The Hall–Kier alpha value is -0.513. The van der Waals surface area contributed by atoms with E-state index in [0.29, 0.717) is 5.84 Å². The van der Waals surface area contributed by atoms with Crippen LogP contribution in [0.1, 0.15) is 6.42 Å². The highest BCUT2D eigenvalue weighted by Gasteiger charge is 2.25. The van der Waals surface area contributed by atoms with Crippen LogP contribution in [0.3, 0.4) is 0 Å². The summed E-state index contributed by atoms with van der Waals surface area (Å²) in [6.07, 6.45) is 1.09. The lowest BCUT2D eigenvalue weighted by atomic mass is 10.3. The molecule has 0 aromatic heterocycles. The standard InChI is InChI=1S/C7H16N2OSi/c1-11(2,3)5-6-4-7(8)9-10-6/h6H,4-5H2,1-3H3,(H2,8,9). The van der Waals surface area contributed by atoms with E-state index < -0.39 is 8.07 Å². The molecule has 0 bridgehead atoms. The average molecular weight is 172 g/mol. The Kier molecular flexibility index (Phi) is 2.22. The van der Waals surface area contributed by atoms with Crippen molar-refractivity contribution in [2.45, 2.75) is 38.2 Å². The highest BCUT2D eigenvalue weighted by molar-refractivity contribution is 6.76. The molecule has 0 radical (unpaired) electrons. The first kappa shape index (κ1) is 8.58. The minimum Gasteiger partial charge on any atom is -0.391 e. The molecule has 1 heterocycles. The molecule has 0 saturated carbocycles. The smallest absolute Gasteiger partial charge is 0.143 e. The predicted octanol–water partition coefficient (Wildman–Crippen LogP) is 1.39. The minimum atomic E-state index is -1.01. The molecular weight excluding hydrogens is 156 g/mol. The molecule has 11 heavy (non-hydrogen) atoms. The quantitative estimate of drug-likeness (QED) is 0.640. The maximum absolute atomic E-state index is 5.48. The van der Waals surface area contributed by atoms with E-state index >= 15 is 0 Å². The number of rotatable bonds is 2. The van der Waals surface area contributed by atoms with Gasteiger partial charge in [0.1, 0.15) is 11.9 Å². The minimum absolute atomic E-state index is 0.265. The zero-order valence-electron chi connectivity index (χ0n) is 7.42. The monoisotopic (exact) mass is 172 g/mol. The maximum Gasteiger partial charge on any atom is 0.143 e. The molecule has 0 fully saturated rings. The Morgan fingerprint density at radius 3 is 2.64 bits per heavy atom. The fraction of sp³-hybridized carbons (Fsp3) is 0.857. The number of nitrogens with zero attached hydrogens (tertiary/aromatic N) is 1. The summed E-state index contributed by atoms with van der Waals surface area (Å²) in [5.74, 6) is 0.647. The first-order valence-corrected chi connectivity index (χ1v) is 7.66. The number of hydrogen-bond donors (Lipinski definition) is 1. The molecule has 0 amide bonds. The van der Waals surface area contributed by atoms with Gasteiger partial charge in [-0.05, 0) is 6.04 Å². The molecule has 0 spiro atoms. The van der Waals surface area contributed by atoms with E-state index in [1.165, 1.54) is 0 Å². The average Bonchev–Trinajstić information content (AvgIpc) is 2.10. The highest BCUT2D eigenvalue weighted by atomic mass is 28.3. The van der Waals surface area contributed by atoms with Crippen LogP contribution in [0.5, 0.6) is 0 Å². The van der Waals surface area contributed by atoms with Crippen molar-refractivity contribution in [2.24, 2.45) is 10.9 Å². The zero-order valence-corrected chi connectivity index (χ0v) is 8.42. The van der Waals surface area contributed by atoms with Crippen LogP contribution in [-0.2, 0) is 4.84 Å². The lowest BCUT2D eigenvalue weighted by molar-refractivity contribution is 0.0984. The van der Waals surface area contributed by atoms with E-state index in [0.717, 1.165) is 12.5 Å².